The third-order valence-electron chi connectivity index (χ3n) is 2.59. The first kappa shape index (κ1) is 11.9. The van der Waals surface area contributed by atoms with Gasteiger partial charge in [-0.3, -0.25) is 4.21 Å². The lowest BCUT2D eigenvalue weighted by Crippen LogP contribution is -1.99. The minimum absolute atomic E-state index is 0.510. The zero-order valence-electron chi connectivity index (χ0n) is 9.72. The number of rotatable bonds is 3. The minimum Gasteiger partial charge on any atom is -0.399 e. The molecule has 0 aliphatic rings. The van der Waals surface area contributed by atoms with Gasteiger partial charge in [0.25, 0.3) is 0 Å². The summed E-state index contributed by atoms with van der Waals surface area (Å²) in [6.45, 7) is 1.98. The van der Waals surface area contributed by atoms with Crippen molar-refractivity contribution in [1.29, 1.82) is 0 Å². The predicted molar refractivity (Wildman–Crippen MR) is 72.1 cm³/mol. The van der Waals surface area contributed by atoms with E-state index in [4.69, 9.17) is 5.73 Å². The molecule has 0 saturated carbocycles. The highest BCUT2D eigenvalue weighted by Crippen LogP contribution is 2.17. The van der Waals surface area contributed by atoms with E-state index in [0.29, 0.717) is 11.4 Å². The summed E-state index contributed by atoms with van der Waals surface area (Å²) in [5, 5.41) is 0. The van der Waals surface area contributed by atoms with Crippen LogP contribution in [-0.4, -0.2) is 4.21 Å². The summed E-state index contributed by atoms with van der Waals surface area (Å²) in [7, 11) is -1.01. The SMILES string of the molecule is Cc1ccccc1S(=O)Cc1cccc(N)c1. The Morgan fingerprint density at radius 1 is 1.12 bits per heavy atom. The van der Waals surface area contributed by atoms with Crippen molar-refractivity contribution in [2.24, 2.45) is 0 Å². The first-order chi connectivity index (χ1) is 8.16. The second-order valence-electron chi connectivity index (χ2n) is 4.00. The van der Waals surface area contributed by atoms with Crippen LogP contribution < -0.4 is 5.73 Å². The smallest absolute Gasteiger partial charge is 0.0576 e. The van der Waals surface area contributed by atoms with Crippen LogP contribution in [0.25, 0.3) is 0 Å². The number of aryl methyl sites for hydroxylation is 1. The summed E-state index contributed by atoms with van der Waals surface area (Å²) in [5.41, 5.74) is 8.49. The Morgan fingerprint density at radius 2 is 1.88 bits per heavy atom. The molecule has 2 N–H and O–H groups in total. The summed E-state index contributed by atoms with van der Waals surface area (Å²) in [6, 6.07) is 15.3. The molecule has 0 radical (unpaired) electrons. The Hall–Kier alpha value is -1.61. The molecular weight excluding hydrogens is 230 g/mol. The van der Waals surface area contributed by atoms with Gasteiger partial charge in [0.2, 0.25) is 0 Å². The van der Waals surface area contributed by atoms with Crippen LogP contribution >= 0.6 is 0 Å². The molecule has 0 aliphatic carbocycles. The number of benzene rings is 2. The maximum Gasteiger partial charge on any atom is 0.0576 e. The van der Waals surface area contributed by atoms with Crippen molar-refractivity contribution in [3.05, 3.63) is 59.7 Å². The maximum atomic E-state index is 12.2. The molecule has 1 unspecified atom stereocenters. The Bertz CT molecular complexity index is 551. The molecule has 88 valence electrons. The van der Waals surface area contributed by atoms with E-state index in [9.17, 15) is 4.21 Å². The Balaban J connectivity index is 2.20. The van der Waals surface area contributed by atoms with E-state index in [1.54, 1.807) is 0 Å². The zero-order chi connectivity index (χ0) is 12.3. The van der Waals surface area contributed by atoms with Gasteiger partial charge in [0.05, 0.1) is 16.6 Å². The van der Waals surface area contributed by atoms with E-state index in [2.05, 4.69) is 0 Å². The monoisotopic (exact) mass is 245 g/mol. The van der Waals surface area contributed by atoms with E-state index >= 15 is 0 Å². The fourth-order valence-electron chi connectivity index (χ4n) is 1.72. The molecule has 2 aromatic rings. The highest BCUT2D eigenvalue weighted by atomic mass is 32.2. The fourth-order valence-corrected chi connectivity index (χ4v) is 3.02. The molecule has 0 aromatic heterocycles. The zero-order valence-corrected chi connectivity index (χ0v) is 10.5. The Labute approximate surface area is 104 Å². The molecule has 3 heteroatoms. The summed E-state index contributed by atoms with van der Waals surface area (Å²) >= 11 is 0. The third-order valence-corrected chi connectivity index (χ3v) is 4.13. The lowest BCUT2D eigenvalue weighted by molar-refractivity contribution is 0.682. The summed E-state index contributed by atoms with van der Waals surface area (Å²) < 4.78 is 12.2. The lowest BCUT2D eigenvalue weighted by atomic mass is 10.2. The standard InChI is InChI=1S/C14H15NOS/c1-11-5-2-3-8-14(11)17(16)10-12-6-4-7-13(15)9-12/h2-9H,10,15H2,1H3. The highest BCUT2D eigenvalue weighted by molar-refractivity contribution is 7.84. The molecule has 2 rings (SSSR count). The molecular formula is C14H15NOS. The van der Waals surface area contributed by atoms with Crippen LogP contribution in [0.2, 0.25) is 0 Å². The fraction of sp³-hybridized carbons (Fsp3) is 0.143. The van der Waals surface area contributed by atoms with Gasteiger partial charge in [-0.2, -0.15) is 0 Å². The molecule has 0 heterocycles. The van der Waals surface area contributed by atoms with E-state index < -0.39 is 10.8 Å². The summed E-state index contributed by atoms with van der Waals surface area (Å²) in [5.74, 6) is 0.510. The number of anilines is 1. The largest absolute Gasteiger partial charge is 0.399 e. The summed E-state index contributed by atoms with van der Waals surface area (Å²) in [4.78, 5) is 0.898. The lowest BCUT2D eigenvalue weighted by Gasteiger charge is -2.06. The third kappa shape index (κ3) is 2.94. The van der Waals surface area contributed by atoms with Crippen molar-refractivity contribution in [3.63, 3.8) is 0 Å². The van der Waals surface area contributed by atoms with Crippen LogP contribution in [0.4, 0.5) is 5.69 Å². The van der Waals surface area contributed by atoms with Gasteiger partial charge >= 0.3 is 0 Å². The van der Waals surface area contributed by atoms with E-state index in [1.165, 1.54) is 0 Å². The second-order valence-corrected chi connectivity index (χ2v) is 5.42. The van der Waals surface area contributed by atoms with Gasteiger partial charge in [0.1, 0.15) is 0 Å². The molecule has 0 fully saturated rings. The quantitative estimate of drug-likeness (QED) is 0.845. The van der Waals surface area contributed by atoms with Crippen molar-refractivity contribution < 1.29 is 4.21 Å². The maximum absolute atomic E-state index is 12.2. The molecule has 0 aliphatic heterocycles. The highest BCUT2D eigenvalue weighted by Gasteiger charge is 2.07. The van der Waals surface area contributed by atoms with Gasteiger partial charge < -0.3 is 5.73 Å². The van der Waals surface area contributed by atoms with Crippen molar-refractivity contribution >= 4 is 16.5 Å². The van der Waals surface area contributed by atoms with Gasteiger partial charge in [0.15, 0.2) is 0 Å². The number of nitrogens with two attached hydrogens (primary N) is 1. The van der Waals surface area contributed by atoms with E-state index in [0.717, 1.165) is 16.0 Å². The number of nitrogen functional groups attached to an aromatic ring is 1. The van der Waals surface area contributed by atoms with Crippen LogP contribution in [0.15, 0.2) is 53.4 Å². The topological polar surface area (TPSA) is 43.1 Å². The van der Waals surface area contributed by atoms with E-state index in [1.807, 2.05) is 55.5 Å². The van der Waals surface area contributed by atoms with Gasteiger partial charge in [-0.1, -0.05) is 30.3 Å². The number of hydrogen-bond donors (Lipinski definition) is 1. The molecule has 2 aromatic carbocycles. The molecule has 0 amide bonds. The molecule has 1 atom stereocenters. The van der Waals surface area contributed by atoms with Gasteiger partial charge in [-0.25, -0.2) is 0 Å². The van der Waals surface area contributed by atoms with Gasteiger partial charge in [-0.15, -0.1) is 0 Å². The van der Waals surface area contributed by atoms with Crippen molar-refractivity contribution in [1.82, 2.24) is 0 Å². The molecule has 0 saturated heterocycles. The van der Waals surface area contributed by atoms with Crippen LogP contribution in [0.1, 0.15) is 11.1 Å². The average Bonchev–Trinajstić information content (AvgIpc) is 2.29. The van der Waals surface area contributed by atoms with Gasteiger partial charge in [0, 0.05) is 10.6 Å². The summed E-state index contributed by atoms with van der Waals surface area (Å²) in [6.07, 6.45) is 0. The van der Waals surface area contributed by atoms with Crippen LogP contribution in [-0.2, 0) is 16.6 Å². The van der Waals surface area contributed by atoms with Crippen molar-refractivity contribution in [2.45, 2.75) is 17.6 Å². The molecule has 0 bridgehead atoms. The van der Waals surface area contributed by atoms with Gasteiger partial charge in [-0.05, 0) is 36.2 Å². The first-order valence-electron chi connectivity index (χ1n) is 5.45. The first-order valence-corrected chi connectivity index (χ1v) is 6.77. The second kappa shape index (κ2) is 5.15. The van der Waals surface area contributed by atoms with Crippen molar-refractivity contribution in [3.8, 4) is 0 Å². The molecule has 17 heavy (non-hydrogen) atoms. The van der Waals surface area contributed by atoms with Crippen LogP contribution in [0.5, 0.6) is 0 Å². The van der Waals surface area contributed by atoms with Crippen LogP contribution in [0.3, 0.4) is 0 Å². The Morgan fingerprint density at radius 3 is 2.59 bits per heavy atom. The number of hydrogen-bond acceptors (Lipinski definition) is 2. The van der Waals surface area contributed by atoms with E-state index in [-0.39, 0.29) is 0 Å². The van der Waals surface area contributed by atoms with Crippen molar-refractivity contribution in [2.75, 3.05) is 5.73 Å². The predicted octanol–water partition coefficient (Wildman–Crippen LogP) is 2.89. The average molecular weight is 245 g/mol. The van der Waals surface area contributed by atoms with Crippen LogP contribution in [0, 0.1) is 6.92 Å². The minimum atomic E-state index is -1.01. The normalized spacial score (nSPS) is 12.3. The molecule has 0 spiro atoms. The molecule has 2 nitrogen and oxygen atoms in total. The Kier molecular flexibility index (Phi) is 3.59.